The standard InChI is InChI=1S/C18H26F2N4O3/c1-21-16(25)12-24-9-7-14(8-10-24)22-18(26)23(2)11-13-3-5-15(6-4-13)27-17(19)20/h3-6,14,17H,7-12H2,1-2H3,(H,21,25)(H,22,26). The molecule has 1 heterocycles. The number of hydrogen-bond acceptors (Lipinski definition) is 4. The Labute approximate surface area is 157 Å². The average molecular weight is 384 g/mol. The van der Waals surface area contributed by atoms with E-state index in [0.29, 0.717) is 13.1 Å². The van der Waals surface area contributed by atoms with Gasteiger partial charge in [-0.3, -0.25) is 9.69 Å². The number of halogens is 2. The van der Waals surface area contributed by atoms with Gasteiger partial charge in [-0.1, -0.05) is 12.1 Å². The van der Waals surface area contributed by atoms with Crippen LogP contribution in [0.1, 0.15) is 18.4 Å². The van der Waals surface area contributed by atoms with E-state index in [4.69, 9.17) is 0 Å². The predicted octanol–water partition coefficient (Wildman–Crippen LogP) is 1.64. The topological polar surface area (TPSA) is 73.9 Å². The van der Waals surface area contributed by atoms with Crippen LogP contribution in [0.3, 0.4) is 0 Å². The fourth-order valence-corrected chi connectivity index (χ4v) is 2.92. The quantitative estimate of drug-likeness (QED) is 0.750. The highest BCUT2D eigenvalue weighted by atomic mass is 19.3. The third-order valence-electron chi connectivity index (χ3n) is 4.48. The number of urea groups is 1. The van der Waals surface area contributed by atoms with Crippen molar-refractivity contribution in [1.82, 2.24) is 20.4 Å². The minimum absolute atomic E-state index is 0.0119. The molecule has 2 N–H and O–H groups in total. The van der Waals surface area contributed by atoms with Crippen molar-refractivity contribution >= 4 is 11.9 Å². The molecule has 7 nitrogen and oxygen atoms in total. The molecule has 3 amide bonds. The molecule has 9 heteroatoms. The Hall–Kier alpha value is -2.42. The first-order chi connectivity index (χ1) is 12.9. The van der Waals surface area contributed by atoms with Crippen molar-refractivity contribution in [3.8, 4) is 5.75 Å². The summed E-state index contributed by atoms with van der Waals surface area (Å²) in [5.74, 6) is 0.0755. The lowest BCUT2D eigenvalue weighted by Gasteiger charge is -2.32. The molecule has 1 aromatic carbocycles. The van der Waals surface area contributed by atoms with Crippen molar-refractivity contribution in [3.63, 3.8) is 0 Å². The van der Waals surface area contributed by atoms with Crippen LogP contribution < -0.4 is 15.4 Å². The number of ether oxygens (including phenoxy) is 1. The summed E-state index contributed by atoms with van der Waals surface area (Å²) in [6.07, 6.45) is 1.58. The number of amides is 3. The van der Waals surface area contributed by atoms with Crippen LogP contribution in [-0.2, 0) is 11.3 Å². The summed E-state index contributed by atoms with van der Waals surface area (Å²) in [6, 6.07) is 6.10. The van der Waals surface area contributed by atoms with E-state index in [1.54, 1.807) is 31.1 Å². The zero-order chi connectivity index (χ0) is 19.8. The molecule has 1 aliphatic heterocycles. The van der Waals surface area contributed by atoms with Crippen LogP contribution in [-0.4, -0.2) is 68.1 Å². The van der Waals surface area contributed by atoms with Gasteiger partial charge in [0.05, 0.1) is 6.54 Å². The van der Waals surface area contributed by atoms with E-state index in [1.807, 2.05) is 0 Å². The van der Waals surface area contributed by atoms with Gasteiger partial charge >= 0.3 is 12.6 Å². The maximum Gasteiger partial charge on any atom is 0.387 e. The minimum Gasteiger partial charge on any atom is -0.435 e. The maximum atomic E-state index is 12.3. The summed E-state index contributed by atoms with van der Waals surface area (Å²) in [5.41, 5.74) is 0.815. The summed E-state index contributed by atoms with van der Waals surface area (Å²) in [7, 11) is 3.30. The number of likely N-dealkylation sites (tertiary alicyclic amines) is 1. The molecule has 1 fully saturated rings. The Balaban J connectivity index is 1.75. The highest BCUT2D eigenvalue weighted by Gasteiger charge is 2.23. The first-order valence-corrected chi connectivity index (χ1v) is 8.85. The fourth-order valence-electron chi connectivity index (χ4n) is 2.92. The smallest absolute Gasteiger partial charge is 0.387 e. The molecule has 150 valence electrons. The normalized spacial score (nSPS) is 15.4. The number of rotatable bonds is 7. The van der Waals surface area contributed by atoms with Gasteiger partial charge in [0, 0.05) is 39.8 Å². The Bertz CT molecular complexity index is 620. The lowest BCUT2D eigenvalue weighted by atomic mass is 10.1. The van der Waals surface area contributed by atoms with E-state index in [-0.39, 0.29) is 23.7 Å². The van der Waals surface area contributed by atoms with Crippen molar-refractivity contribution in [1.29, 1.82) is 0 Å². The van der Waals surface area contributed by atoms with Gasteiger partial charge in [0.15, 0.2) is 0 Å². The molecule has 0 aromatic heterocycles. The van der Waals surface area contributed by atoms with Crippen LogP contribution in [0, 0.1) is 0 Å². The second-order valence-corrected chi connectivity index (χ2v) is 6.55. The van der Waals surface area contributed by atoms with Gasteiger partial charge in [-0.15, -0.1) is 0 Å². The molecule has 0 saturated carbocycles. The molecule has 0 spiro atoms. The summed E-state index contributed by atoms with van der Waals surface area (Å²) in [6.45, 7) is -0.605. The van der Waals surface area contributed by atoms with Gasteiger partial charge in [-0.25, -0.2) is 4.79 Å². The second kappa shape index (κ2) is 10.1. The number of likely N-dealkylation sites (N-methyl/N-ethyl adjacent to an activating group) is 1. The Morgan fingerprint density at radius 1 is 1.26 bits per heavy atom. The van der Waals surface area contributed by atoms with E-state index in [0.717, 1.165) is 31.5 Å². The van der Waals surface area contributed by atoms with Gasteiger partial charge in [0.25, 0.3) is 0 Å². The molecule has 0 atom stereocenters. The zero-order valence-electron chi connectivity index (χ0n) is 15.6. The largest absolute Gasteiger partial charge is 0.435 e. The second-order valence-electron chi connectivity index (χ2n) is 6.55. The number of benzene rings is 1. The number of nitrogens with zero attached hydrogens (tertiary/aromatic N) is 2. The molecule has 1 aliphatic rings. The summed E-state index contributed by atoms with van der Waals surface area (Å²) in [4.78, 5) is 27.4. The van der Waals surface area contributed by atoms with Crippen LogP contribution in [0.4, 0.5) is 13.6 Å². The van der Waals surface area contributed by atoms with E-state index < -0.39 is 6.61 Å². The molecular weight excluding hydrogens is 358 g/mol. The monoisotopic (exact) mass is 384 g/mol. The molecule has 0 bridgehead atoms. The van der Waals surface area contributed by atoms with Crippen molar-refractivity contribution in [3.05, 3.63) is 29.8 Å². The van der Waals surface area contributed by atoms with E-state index in [9.17, 15) is 18.4 Å². The van der Waals surface area contributed by atoms with Crippen molar-refractivity contribution in [2.45, 2.75) is 32.0 Å². The van der Waals surface area contributed by atoms with Crippen molar-refractivity contribution < 1.29 is 23.1 Å². The number of piperidine rings is 1. The lowest BCUT2D eigenvalue weighted by Crippen LogP contribution is -2.49. The summed E-state index contributed by atoms with van der Waals surface area (Å²) < 4.78 is 28.6. The minimum atomic E-state index is -2.85. The number of nitrogens with one attached hydrogen (secondary N) is 2. The first-order valence-electron chi connectivity index (χ1n) is 8.85. The van der Waals surface area contributed by atoms with Gasteiger partial charge in [-0.2, -0.15) is 8.78 Å². The highest BCUT2D eigenvalue weighted by Crippen LogP contribution is 2.16. The van der Waals surface area contributed by atoms with Gasteiger partial charge < -0.3 is 20.3 Å². The van der Waals surface area contributed by atoms with E-state index in [2.05, 4.69) is 20.3 Å². The Morgan fingerprint density at radius 3 is 2.44 bits per heavy atom. The molecule has 1 saturated heterocycles. The van der Waals surface area contributed by atoms with Crippen molar-refractivity contribution in [2.24, 2.45) is 0 Å². The summed E-state index contributed by atoms with van der Waals surface area (Å²) >= 11 is 0. The lowest BCUT2D eigenvalue weighted by molar-refractivity contribution is -0.122. The number of hydrogen-bond donors (Lipinski definition) is 2. The average Bonchev–Trinajstić information content (AvgIpc) is 2.64. The number of carbonyl (C=O) groups excluding carboxylic acids is 2. The highest BCUT2D eigenvalue weighted by molar-refractivity contribution is 5.77. The zero-order valence-corrected chi connectivity index (χ0v) is 15.6. The fraction of sp³-hybridized carbons (Fsp3) is 0.556. The number of alkyl halides is 2. The molecular formula is C18H26F2N4O3. The first kappa shape index (κ1) is 20.9. The SMILES string of the molecule is CNC(=O)CN1CCC(NC(=O)N(C)Cc2ccc(OC(F)F)cc2)CC1. The number of carbonyl (C=O) groups is 2. The molecule has 27 heavy (non-hydrogen) atoms. The molecule has 0 aliphatic carbocycles. The van der Waals surface area contributed by atoms with E-state index >= 15 is 0 Å². The molecule has 2 rings (SSSR count). The van der Waals surface area contributed by atoms with Crippen LogP contribution in [0.25, 0.3) is 0 Å². The van der Waals surface area contributed by atoms with Crippen LogP contribution in [0.2, 0.25) is 0 Å². The third-order valence-corrected chi connectivity index (χ3v) is 4.48. The molecule has 1 aromatic rings. The van der Waals surface area contributed by atoms with Crippen molar-refractivity contribution in [2.75, 3.05) is 33.7 Å². The van der Waals surface area contributed by atoms with Crippen LogP contribution in [0.15, 0.2) is 24.3 Å². The third kappa shape index (κ3) is 7.01. The Kier molecular flexibility index (Phi) is 7.78. The van der Waals surface area contributed by atoms with Crippen LogP contribution >= 0.6 is 0 Å². The van der Waals surface area contributed by atoms with Crippen LogP contribution in [0.5, 0.6) is 5.75 Å². The van der Waals surface area contributed by atoms with E-state index in [1.165, 1.54) is 12.1 Å². The molecule has 0 radical (unpaired) electrons. The predicted molar refractivity (Wildman–Crippen MR) is 96.6 cm³/mol. The Morgan fingerprint density at radius 2 is 1.89 bits per heavy atom. The van der Waals surface area contributed by atoms with Gasteiger partial charge in [-0.05, 0) is 30.5 Å². The van der Waals surface area contributed by atoms with Gasteiger partial charge in [0.2, 0.25) is 5.91 Å². The molecule has 0 unspecified atom stereocenters. The maximum absolute atomic E-state index is 12.3. The van der Waals surface area contributed by atoms with Gasteiger partial charge in [0.1, 0.15) is 5.75 Å². The summed E-state index contributed by atoms with van der Waals surface area (Å²) in [5, 5.41) is 5.60.